The third-order valence-electron chi connectivity index (χ3n) is 3.52. The molecule has 0 unspecified atom stereocenters. The number of rotatable bonds is 8. The van der Waals surface area contributed by atoms with E-state index < -0.39 is 0 Å². The van der Waals surface area contributed by atoms with Crippen LogP contribution in [0.25, 0.3) is 11.5 Å². The van der Waals surface area contributed by atoms with Crippen LogP contribution in [-0.2, 0) is 13.1 Å². The van der Waals surface area contributed by atoms with Crippen molar-refractivity contribution in [2.24, 2.45) is 0 Å². The number of benzene rings is 1. The first-order valence-electron chi connectivity index (χ1n) is 7.60. The fourth-order valence-electron chi connectivity index (χ4n) is 2.28. The summed E-state index contributed by atoms with van der Waals surface area (Å²) in [5.41, 5.74) is 1.84. The lowest BCUT2D eigenvalue weighted by molar-refractivity contribution is 0.415. The van der Waals surface area contributed by atoms with Crippen LogP contribution in [0.2, 0.25) is 0 Å². The molecule has 2 heterocycles. The van der Waals surface area contributed by atoms with Crippen LogP contribution in [0.1, 0.15) is 12.1 Å². The number of oxazole rings is 1. The highest BCUT2D eigenvalue weighted by Gasteiger charge is 2.06. The van der Waals surface area contributed by atoms with Crippen LogP contribution < -0.4 is 10.1 Å². The fourth-order valence-corrected chi connectivity index (χ4v) is 2.28. The Morgan fingerprint density at radius 2 is 2.13 bits per heavy atom. The minimum absolute atomic E-state index is 0.628. The Balaban J connectivity index is 1.45. The number of hydrogen-bond acceptors (Lipinski definition) is 5. The predicted octanol–water partition coefficient (Wildman–Crippen LogP) is 2.73. The first kappa shape index (κ1) is 15.3. The van der Waals surface area contributed by atoms with E-state index in [1.165, 1.54) is 0 Å². The van der Waals surface area contributed by atoms with Crippen LogP contribution in [0.3, 0.4) is 0 Å². The molecule has 23 heavy (non-hydrogen) atoms. The van der Waals surface area contributed by atoms with Crippen LogP contribution in [0, 0.1) is 0 Å². The molecule has 0 atom stereocenters. The molecule has 1 N–H and O–H groups in total. The van der Waals surface area contributed by atoms with Gasteiger partial charge >= 0.3 is 0 Å². The van der Waals surface area contributed by atoms with Crippen molar-refractivity contribution in [2.75, 3.05) is 13.7 Å². The lowest BCUT2D eigenvalue weighted by Crippen LogP contribution is -2.16. The first-order chi connectivity index (χ1) is 11.3. The van der Waals surface area contributed by atoms with Gasteiger partial charge in [-0.1, -0.05) is 0 Å². The van der Waals surface area contributed by atoms with Crippen molar-refractivity contribution < 1.29 is 9.15 Å². The molecule has 0 radical (unpaired) electrons. The van der Waals surface area contributed by atoms with Crippen molar-refractivity contribution in [1.82, 2.24) is 19.9 Å². The van der Waals surface area contributed by atoms with E-state index in [0.717, 1.165) is 36.5 Å². The molecule has 0 amide bonds. The minimum Gasteiger partial charge on any atom is -0.497 e. The summed E-state index contributed by atoms with van der Waals surface area (Å²) >= 11 is 0. The van der Waals surface area contributed by atoms with Gasteiger partial charge in [0, 0.05) is 31.0 Å². The molecule has 3 aromatic rings. The molecule has 0 saturated carbocycles. The minimum atomic E-state index is 0.628. The zero-order valence-electron chi connectivity index (χ0n) is 13.1. The monoisotopic (exact) mass is 312 g/mol. The van der Waals surface area contributed by atoms with Gasteiger partial charge in [-0.05, 0) is 37.2 Å². The van der Waals surface area contributed by atoms with E-state index in [1.54, 1.807) is 19.6 Å². The van der Waals surface area contributed by atoms with E-state index in [0.29, 0.717) is 12.4 Å². The summed E-state index contributed by atoms with van der Waals surface area (Å²) in [7, 11) is 1.65. The molecule has 6 nitrogen and oxygen atoms in total. The predicted molar refractivity (Wildman–Crippen MR) is 87.0 cm³/mol. The van der Waals surface area contributed by atoms with Gasteiger partial charge in [-0.2, -0.15) is 0 Å². The standard InChI is InChI=1S/C17H20N4O2/c1-22-16-5-3-14(4-6-16)17-20-15(12-23-17)11-18-7-2-9-21-10-8-19-13-21/h3-6,8,10,12-13,18H,2,7,9,11H2,1H3. The fraction of sp³-hybridized carbons (Fsp3) is 0.294. The maximum atomic E-state index is 5.54. The molecule has 0 bridgehead atoms. The molecule has 0 spiro atoms. The molecular weight excluding hydrogens is 292 g/mol. The molecule has 1 aromatic carbocycles. The van der Waals surface area contributed by atoms with Gasteiger partial charge in [0.2, 0.25) is 5.89 Å². The van der Waals surface area contributed by atoms with Gasteiger partial charge in [0.25, 0.3) is 0 Å². The van der Waals surface area contributed by atoms with E-state index in [-0.39, 0.29) is 0 Å². The molecule has 0 saturated heterocycles. The largest absolute Gasteiger partial charge is 0.497 e. The number of aromatic nitrogens is 3. The topological polar surface area (TPSA) is 65.1 Å². The van der Waals surface area contributed by atoms with Gasteiger partial charge in [0.1, 0.15) is 12.0 Å². The second-order valence-corrected chi connectivity index (χ2v) is 5.20. The number of nitrogens with one attached hydrogen (secondary N) is 1. The molecule has 0 aliphatic rings. The normalized spacial score (nSPS) is 10.8. The van der Waals surface area contributed by atoms with Crippen LogP contribution in [0.5, 0.6) is 5.75 Å². The third-order valence-corrected chi connectivity index (χ3v) is 3.52. The van der Waals surface area contributed by atoms with E-state index >= 15 is 0 Å². The highest BCUT2D eigenvalue weighted by molar-refractivity contribution is 5.54. The van der Waals surface area contributed by atoms with Crippen LogP contribution in [0.15, 0.2) is 53.7 Å². The Morgan fingerprint density at radius 1 is 1.26 bits per heavy atom. The lowest BCUT2D eigenvalue weighted by atomic mass is 10.2. The SMILES string of the molecule is COc1ccc(-c2nc(CNCCCn3ccnc3)co2)cc1. The summed E-state index contributed by atoms with van der Waals surface area (Å²) in [6.07, 6.45) is 8.34. The van der Waals surface area contributed by atoms with E-state index in [1.807, 2.05) is 36.8 Å². The van der Waals surface area contributed by atoms with Crippen molar-refractivity contribution in [3.8, 4) is 17.2 Å². The molecule has 3 rings (SSSR count). The number of nitrogens with zero attached hydrogens (tertiary/aromatic N) is 3. The Morgan fingerprint density at radius 3 is 2.87 bits per heavy atom. The molecule has 120 valence electrons. The van der Waals surface area contributed by atoms with Crippen molar-refractivity contribution >= 4 is 0 Å². The van der Waals surface area contributed by atoms with Crippen molar-refractivity contribution in [1.29, 1.82) is 0 Å². The summed E-state index contributed by atoms with van der Waals surface area (Å²) in [4.78, 5) is 8.52. The highest BCUT2D eigenvalue weighted by Crippen LogP contribution is 2.21. The van der Waals surface area contributed by atoms with Crippen LogP contribution >= 0.6 is 0 Å². The first-order valence-corrected chi connectivity index (χ1v) is 7.60. The van der Waals surface area contributed by atoms with Crippen molar-refractivity contribution in [3.63, 3.8) is 0 Å². The second kappa shape index (κ2) is 7.60. The summed E-state index contributed by atoms with van der Waals surface area (Å²) in [5.74, 6) is 1.45. The Kier molecular flexibility index (Phi) is 5.06. The van der Waals surface area contributed by atoms with Crippen LogP contribution in [0.4, 0.5) is 0 Å². The average Bonchev–Trinajstić information content (AvgIpc) is 3.26. The summed E-state index contributed by atoms with van der Waals surface area (Å²) in [5, 5.41) is 3.37. The number of ether oxygens (including phenoxy) is 1. The van der Waals surface area contributed by atoms with E-state index in [4.69, 9.17) is 9.15 Å². The molecular formula is C17H20N4O2. The smallest absolute Gasteiger partial charge is 0.226 e. The van der Waals surface area contributed by atoms with E-state index in [2.05, 4.69) is 19.9 Å². The Hall–Kier alpha value is -2.60. The van der Waals surface area contributed by atoms with Crippen molar-refractivity contribution in [3.05, 3.63) is 54.9 Å². The number of imidazole rings is 1. The van der Waals surface area contributed by atoms with Gasteiger partial charge in [-0.25, -0.2) is 9.97 Å². The Bertz CT molecular complexity index is 705. The van der Waals surface area contributed by atoms with Crippen LogP contribution in [-0.4, -0.2) is 28.2 Å². The average molecular weight is 312 g/mol. The van der Waals surface area contributed by atoms with Crippen molar-refractivity contribution in [2.45, 2.75) is 19.5 Å². The zero-order chi connectivity index (χ0) is 15.9. The molecule has 0 aliphatic heterocycles. The highest BCUT2D eigenvalue weighted by atomic mass is 16.5. The number of methoxy groups -OCH3 is 1. The molecule has 0 fully saturated rings. The van der Waals surface area contributed by atoms with Gasteiger partial charge in [-0.3, -0.25) is 0 Å². The maximum Gasteiger partial charge on any atom is 0.226 e. The Labute approximate surface area is 135 Å². The summed E-state index contributed by atoms with van der Waals surface area (Å²) in [6.45, 7) is 2.58. The zero-order valence-corrected chi connectivity index (χ0v) is 13.1. The summed E-state index contributed by atoms with van der Waals surface area (Å²) in [6, 6.07) is 7.67. The number of hydrogen-bond donors (Lipinski definition) is 1. The summed E-state index contributed by atoms with van der Waals surface area (Å²) < 4.78 is 12.8. The molecule has 0 aliphatic carbocycles. The van der Waals surface area contributed by atoms with Gasteiger partial charge in [0.15, 0.2) is 0 Å². The molecule has 6 heteroatoms. The quantitative estimate of drug-likeness (QED) is 0.648. The van der Waals surface area contributed by atoms with Gasteiger partial charge < -0.3 is 19.0 Å². The second-order valence-electron chi connectivity index (χ2n) is 5.20. The van der Waals surface area contributed by atoms with E-state index in [9.17, 15) is 0 Å². The number of aryl methyl sites for hydroxylation is 1. The lowest BCUT2D eigenvalue weighted by Gasteiger charge is -2.03. The molecule has 2 aromatic heterocycles. The maximum absolute atomic E-state index is 5.54. The van der Waals surface area contributed by atoms with Gasteiger partial charge in [-0.15, -0.1) is 0 Å². The third kappa shape index (κ3) is 4.20. The van der Waals surface area contributed by atoms with Gasteiger partial charge in [0.05, 0.1) is 19.1 Å².